The van der Waals surface area contributed by atoms with Gasteiger partial charge in [-0.25, -0.2) is 0 Å². The van der Waals surface area contributed by atoms with Crippen LogP contribution in [-0.2, 0) is 26.1 Å². The van der Waals surface area contributed by atoms with Gasteiger partial charge in [0.25, 0.3) is 5.91 Å². The number of aromatic hydroxyl groups is 1. The average Bonchev–Trinajstić information content (AvgIpc) is 3.55. The van der Waals surface area contributed by atoms with Crippen LogP contribution in [0.4, 0.5) is 0 Å². The Hall–Kier alpha value is -3.32. The maximum Gasteiger partial charge on any atom is 0.272 e. The van der Waals surface area contributed by atoms with Gasteiger partial charge < -0.3 is 15.2 Å². The third kappa shape index (κ3) is 4.48. The first-order valence-electron chi connectivity index (χ1n) is 11.1. The maximum atomic E-state index is 13.0. The Morgan fingerprint density at radius 1 is 1.16 bits per heavy atom. The number of methoxy groups -OCH3 is 1. The Morgan fingerprint density at radius 3 is 2.72 bits per heavy atom. The first-order valence-corrected chi connectivity index (χ1v) is 11.1. The lowest BCUT2D eigenvalue weighted by Gasteiger charge is -2.27. The molecule has 2 heterocycles. The van der Waals surface area contributed by atoms with Gasteiger partial charge in [0.1, 0.15) is 11.5 Å². The van der Waals surface area contributed by atoms with E-state index < -0.39 is 0 Å². The van der Waals surface area contributed by atoms with E-state index in [4.69, 9.17) is 9.84 Å². The fraction of sp³-hybridized carbons (Fsp3) is 0.360. The van der Waals surface area contributed by atoms with Crippen molar-refractivity contribution < 1.29 is 14.6 Å². The number of nitrogens with one attached hydrogen (secondary N) is 1. The summed E-state index contributed by atoms with van der Waals surface area (Å²) in [4.78, 5) is 15.3. The number of carbonyl (C=O) groups excluding carboxylic acids is 1. The van der Waals surface area contributed by atoms with Crippen molar-refractivity contribution >= 4 is 5.91 Å². The van der Waals surface area contributed by atoms with E-state index in [1.54, 1.807) is 19.2 Å². The zero-order valence-corrected chi connectivity index (χ0v) is 18.3. The quantitative estimate of drug-likeness (QED) is 0.600. The summed E-state index contributed by atoms with van der Waals surface area (Å²) >= 11 is 0. The molecular weight excluding hydrogens is 404 g/mol. The predicted molar refractivity (Wildman–Crippen MR) is 121 cm³/mol. The van der Waals surface area contributed by atoms with Gasteiger partial charge in [-0.2, -0.15) is 5.10 Å². The molecule has 5 rings (SSSR count). The summed E-state index contributed by atoms with van der Waals surface area (Å²) in [6.07, 6.45) is 2.93. The van der Waals surface area contributed by atoms with Crippen molar-refractivity contribution in [1.82, 2.24) is 20.0 Å². The monoisotopic (exact) mass is 432 g/mol. The number of ether oxygens (including phenoxy) is 1. The number of hydrogen-bond donors (Lipinski definition) is 2. The fourth-order valence-corrected chi connectivity index (χ4v) is 4.28. The minimum absolute atomic E-state index is 0.0698. The van der Waals surface area contributed by atoms with Crippen molar-refractivity contribution in [3.63, 3.8) is 0 Å². The fourth-order valence-electron chi connectivity index (χ4n) is 4.28. The third-order valence-corrected chi connectivity index (χ3v) is 6.15. The molecule has 0 radical (unpaired) electrons. The number of phenolic OH excluding ortho intramolecular Hbond substituents is 1. The summed E-state index contributed by atoms with van der Waals surface area (Å²) in [7, 11) is 1.66. The molecule has 32 heavy (non-hydrogen) atoms. The van der Waals surface area contributed by atoms with E-state index in [1.807, 2.05) is 35.0 Å². The molecule has 1 aromatic heterocycles. The van der Waals surface area contributed by atoms with Gasteiger partial charge in [0.2, 0.25) is 0 Å². The van der Waals surface area contributed by atoms with Gasteiger partial charge >= 0.3 is 0 Å². The number of benzene rings is 2. The van der Waals surface area contributed by atoms with E-state index >= 15 is 0 Å². The van der Waals surface area contributed by atoms with Gasteiger partial charge in [-0.15, -0.1) is 0 Å². The molecule has 0 spiro atoms. The van der Waals surface area contributed by atoms with Gasteiger partial charge in [-0.1, -0.05) is 24.3 Å². The summed E-state index contributed by atoms with van der Waals surface area (Å²) in [5, 5.41) is 17.4. The minimum atomic E-state index is -0.0698. The minimum Gasteiger partial charge on any atom is -0.508 e. The molecule has 0 atom stereocenters. The van der Waals surface area contributed by atoms with Crippen LogP contribution in [0.25, 0.3) is 0 Å². The highest BCUT2D eigenvalue weighted by atomic mass is 16.5. The highest BCUT2D eigenvalue weighted by molar-refractivity contribution is 5.94. The van der Waals surface area contributed by atoms with E-state index in [0.717, 1.165) is 60.5 Å². The van der Waals surface area contributed by atoms with Crippen LogP contribution in [0.5, 0.6) is 11.5 Å². The Kier molecular flexibility index (Phi) is 5.57. The second-order valence-electron chi connectivity index (χ2n) is 8.66. The average molecular weight is 433 g/mol. The summed E-state index contributed by atoms with van der Waals surface area (Å²) in [6, 6.07) is 15.6. The number of rotatable bonds is 7. The number of fused-ring (bicyclic) bond motifs is 1. The summed E-state index contributed by atoms with van der Waals surface area (Å²) in [5.41, 5.74) is 4.94. The number of amides is 1. The number of aromatic nitrogens is 2. The Balaban J connectivity index is 1.41. The second kappa shape index (κ2) is 8.67. The number of nitrogens with zero attached hydrogens (tertiary/aromatic N) is 3. The molecule has 7 heteroatoms. The smallest absolute Gasteiger partial charge is 0.272 e. The number of hydrogen-bond acceptors (Lipinski definition) is 5. The molecule has 1 aliphatic carbocycles. The zero-order chi connectivity index (χ0) is 22.1. The van der Waals surface area contributed by atoms with Gasteiger partial charge in [-0.05, 0) is 48.2 Å². The number of carbonyl (C=O) groups is 1. The molecule has 3 aromatic rings. The Labute approximate surface area is 187 Å². The molecule has 2 aromatic carbocycles. The third-order valence-electron chi connectivity index (χ3n) is 6.15. The molecule has 1 saturated carbocycles. The molecule has 2 aliphatic rings. The molecule has 7 nitrogen and oxygen atoms in total. The largest absolute Gasteiger partial charge is 0.508 e. The van der Waals surface area contributed by atoms with Gasteiger partial charge in [0.15, 0.2) is 5.69 Å². The van der Waals surface area contributed by atoms with Crippen molar-refractivity contribution in [3.05, 3.63) is 76.6 Å². The Bertz CT molecular complexity index is 1120. The van der Waals surface area contributed by atoms with Crippen molar-refractivity contribution in [2.24, 2.45) is 0 Å². The standard InChI is InChI=1S/C25H28N4O3/c1-32-21-4-2-3-18(13-21)15-29-23-11-12-28(14-17-5-9-20(30)10-6-17)16-22(23)24(27-29)25(31)26-19-7-8-19/h2-6,9-10,13,19,30H,7-8,11-12,14-16H2,1H3,(H,26,31). The van der Waals surface area contributed by atoms with Crippen molar-refractivity contribution in [3.8, 4) is 11.5 Å². The van der Waals surface area contributed by atoms with E-state index in [2.05, 4.69) is 16.3 Å². The first-order chi connectivity index (χ1) is 15.6. The van der Waals surface area contributed by atoms with E-state index in [0.29, 0.717) is 24.8 Å². The van der Waals surface area contributed by atoms with E-state index in [9.17, 15) is 9.90 Å². The lowest BCUT2D eigenvalue weighted by atomic mass is 10.0. The summed E-state index contributed by atoms with van der Waals surface area (Å²) in [5.74, 6) is 1.02. The molecule has 166 valence electrons. The Morgan fingerprint density at radius 2 is 1.97 bits per heavy atom. The van der Waals surface area contributed by atoms with Gasteiger partial charge in [0, 0.05) is 43.4 Å². The lowest BCUT2D eigenvalue weighted by molar-refractivity contribution is 0.0943. The first kappa shape index (κ1) is 20.6. The molecule has 2 N–H and O–H groups in total. The normalized spacial score (nSPS) is 15.9. The van der Waals surface area contributed by atoms with Gasteiger partial charge in [-0.3, -0.25) is 14.4 Å². The zero-order valence-electron chi connectivity index (χ0n) is 18.3. The van der Waals surface area contributed by atoms with E-state index in [-0.39, 0.29) is 11.7 Å². The molecule has 0 bridgehead atoms. The predicted octanol–water partition coefficient (Wildman–Crippen LogP) is 3.10. The van der Waals surface area contributed by atoms with Gasteiger partial charge in [0.05, 0.1) is 13.7 Å². The number of phenols is 1. The van der Waals surface area contributed by atoms with E-state index in [1.165, 1.54) is 0 Å². The summed E-state index contributed by atoms with van der Waals surface area (Å²) in [6.45, 7) is 2.95. The molecule has 0 saturated heterocycles. The highest BCUT2D eigenvalue weighted by Crippen LogP contribution is 2.27. The maximum absolute atomic E-state index is 13.0. The van der Waals surface area contributed by atoms with Crippen molar-refractivity contribution in [2.75, 3.05) is 13.7 Å². The van der Waals surface area contributed by atoms with Crippen molar-refractivity contribution in [1.29, 1.82) is 0 Å². The van der Waals surface area contributed by atoms with Crippen LogP contribution < -0.4 is 10.1 Å². The van der Waals surface area contributed by atoms with Crippen LogP contribution in [-0.4, -0.2) is 45.4 Å². The molecular formula is C25H28N4O3. The molecule has 1 amide bonds. The second-order valence-corrected chi connectivity index (χ2v) is 8.66. The highest BCUT2D eigenvalue weighted by Gasteiger charge is 2.31. The van der Waals surface area contributed by atoms with Crippen LogP contribution in [0.2, 0.25) is 0 Å². The molecule has 0 unspecified atom stereocenters. The lowest BCUT2D eigenvalue weighted by Crippen LogP contribution is -2.32. The molecule has 1 aliphatic heterocycles. The van der Waals surface area contributed by atoms with Crippen LogP contribution in [0, 0.1) is 0 Å². The van der Waals surface area contributed by atoms with Crippen molar-refractivity contribution in [2.45, 2.75) is 44.9 Å². The topological polar surface area (TPSA) is 79.6 Å². The molecule has 1 fully saturated rings. The van der Waals surface area contributed by atoms with Crippen LogP contribution in [0.3, 0.4) is 0 Å². The van der Waals surface area contributed by atoms with Crippen LogP contribution >= 0.6 is 0 Å². The van der Waals surface area contributed by atoms with Crippen LogP contribution in [0.15, 0.2) is 48.5 Å². The SMILES string of the molecule is COc1cccc(Cn2nc(C(=O)NC3CC3)c3c2CCN(Cc2ccc(O)cc2)C3)c1. The summed E-state index contributed by atoms with van der Waals surface area (Å²) < 4.78 is 7.35. The van der Waals surface area contributed by atoms with Crippen LogP contribution in [0.1, 0.15) is 45.7 Å².